The molecule has 0 fully saturated rings. The molecule has 4 nitrogen and oxygen atoms in total. The number of nitrogens with zero attached hydrogens (tertiary/aromatic N) is 2. The van der Waals surface area contributed by atoms with Crippen LogP contribution in [-0.4, -0.2) is 16.6 Å². The van der Waals surface area contributed by atoms with Gasteiger partial charge in [-0.2, -0.15) is 5.10 Å². The molecule has 2 heterocycles. The van der Waals surface area contributed by atoms with Crippen molar-refractivity contribution in [2.24, 2.45) is 5.10 Å². The number of carbonyl (C=O) groups excluding carboxylic acids is 1. The molecule has 3 aromatic rings. The van der Waals surface area contributed by atoms with E-state index in [4.69, 9.17) is 4.42 Å². The first-order valence-corrected chi connectivity index (χ1v) is 9.29. The molecule has 1 aliphatic heterocycles. The molecule has 1 amide bonds. The molecule has 27 heavy (non-hydrogen) atoms. The Morgan fingerprint density at radius 3 is 2.63 bits per heavy atom. The number of hydrogen-bond donors (Lipinski definition) is 0. The standard InChI is InChI=1S/C21H16BrFN2O2/c1-13-5-10-20(27-13)19-12-18(14-6-8-16(22)9-7-14)24-25(19)21(26)15-3-2-4-17(23)11-15/h2-11,19H,12H2,1H3/t19-/m0/s1. The van der Waals surface area contributed by atoms with Crippen LogP contribution in [0.1, 0.15) is 39.9 Å². The summed E-state index contributed by atoms with van der Waals surface area (Å²) in [6.07, 6.45) is 0.523. The van der Waals surface area contributed by atoms with Crippen molar-refractivity contribution in [2.45, 2.75) is 19.4 Å². The maximum absolute atomic E-state index is 13.6. The maximum Gasteiger partial charge on any atom is 0.274 e. The van der Waals surface area contributed by atoms with Crippen LogP contribution in [0.15, 0.2) is 74.7 Å². The van der Waals surface area contributed by atoms with E-state index in [1.807, 2.05) is 43.3 Å². The first kappa shape index (κ1) is 17.7. The lowest BCUT2D eigenvalue weighted by Gasteiger charge is -2.20. The van der Waals surface area contributed by atoms with E-state index >= 15 is 0 Å². The van der Waals surface area contributed by atoms with Crippen LogP contribution in [-0.2, 0) is 0 Å². The zero-order valence-corrected chi connectivity index (χ0v) is 16.1. The molecule has 1 aliphatic rings. The minimum Gasteiger partial charge on any atom is -0.464 e. The van der Waals surface area contributed by atoms with Gasteiger partial charge in [-0.05, 0) is 55.0 Å². The molecular weight excluding hydrogens is 411 g/mol. The van der Waals surface area contributed by atoms with Crippen molar-refractivity contribution in [1.29, 1.82) is 0 Å². The lowest BCUT2D eigenvalue weighted by atomic mass is 10.0. The Hall–Kier alpha value is -2.73. The average Bonchev–Trinajstić information content (AvgIpc) is 3.28. The zero-order valence-electron chi connectivity index (χ0n) is 14.5. The smallest absolute Gasteiger partial charge is 0.274 e. The van der Waals surface area contributed by atoms with Gasteiger partial charge in [-0.1, -0.05) is 34.1 Å². The molecule has 6 heteroatoms. The van der Waals surface area contributed by atoms with Gasteiger partial charge in [0, 0.05) is 16.5 Å². The van der Waals surface area contributed by atoms with Crippen molar-refractivity contribution in [3.8, 4) is 0 Å². The van der Waals surface area contributed by atoms with E-state index in [1.165, 1.54) is 23.2 Å². The van der Waals surface area contributed by atoms with Crippen LogP contribution < -0.4 is 0 Å². The van der Waals surface area contributed by atoms with Gasteiger partial charge >= 0.3 is 0 Å². The highest BCUT2D eigenvalue weighted by atomic mass is 79.9. The summed E-state index contributed by atoms with van der Waals surface area (Å²) >= 11 is 3.42. The monoisotopic (exact) mass is 426 g/mol. The van der Waals surface area contributed by atoms with Crippen LogP contribution in [0.4, 0.5) is 4.39 Å². The van der Waals surface area contributed by atoms with Crippen molar-refractivity contribution < 1.29 is 13.6 Å². The second kappa shape index (κ2) is 7.12. The van der Waals surface area contributed by atoms with Crippen molar-refractivity contribution in [1.82, 2.24) is 5.01 Å². The average molecular weight is 427 g/mol. The Balaban J connectivity index is 1.73. The Morgan fingerprint density at radius 1 is 1.19 bits per heavy atom. The quantitative estimate of drug-likeness (QED) is 0.556. The van der Waals surface area contributed by atoms with E-state index in [0.29, 0.717) is 12.2 Å². The Morgan fingerprint density at radius 2 is 1.96 bits per heavy atom. The molecule has 0 N–H and O–H groups in total. The fourth-order valence-corrected chi connectivity index (χ4v) is 3.39. The second-order valence-electron chi connectivity index (χ2n) is 6.38. The lowest BCUT2D eigenvalue weighted by Crippen LogP contribution is -2.27. The Bertz CT molecular complexity index is 1030. The fraction of sp³-hybridized carbons (Fsp3) is 0.143. The number of hydrogen-bond acceptors (Lipinski definition) is 3. The van der Waals surface area contributed by atoms with Crippen LogP contribution in [0.5, 0.6) is 0 Å². The molecule has 0 radical (unpaired) electrons. The van der Waals surface area contributed by atoms with Gasteiger partial charge in [0.1, 0.15) is 23.4 Å². The van der Waals surface area contributed by atoms with Crippen LogP contribution >= 0.6 is 15.9 Å². The highest BCUT2D eigenvalue weighted by Crippen LogP contribution is 2.35. The predicted octanol–water partition coefficient (Wildman–Crippen LogP) is 5.48. The normalized spacial score (nSPS) is 16.5. The summed E-state index contributed by atoms with van der Waals surface area (Å²) in [5.41, 5.74) is 1.97. The molecule has 4 rings (SSSR count). The third kappa shape index (κ3) is 3.57. The van der Waals surface area contributed by atoms with Gasteiger partial charge in [0.05, 0.1) is 5.71 Å². The lowest BCUT2D eigenvalue weighted by molar-refractivity contribution is 0.0691. The number of rotatable bonds is 3. The molecule has 0 bridgehead atoms. The first-order valence-electron chi connectivity index (χ1n) is 8.50. The first-order chi connectivity index (χ1) is 13.0. The Labute approximate surface area is 164 Å². The number of benzene rings is 2. The van der Waals surface area contributed by atoms with Crippen LogP contribution in [0.2, 0.25) is 0 Å². The second-order valence-corrected chi connectivity index (χ2v) is 7.30. The van der Waals surface area contributed by atoms with Crippen molar-refractivity contribution in [2.75, 3.05) is 0 Å². The van der Waals surface area contributed by atoms with E-state index in [0.717, 1.165) is 21.5 Å². The minimum absolute atomic E-state index is 0.254. The summed E-state index contributed by atoms with van der Waals surface area (Å²) in [5.74, 6) is 0.608. The summed E-state index contributed by atoms with van der Waals surface area (Å²) in [7, 11) is 0. The number of amides is 1. The molecule has 2 aromatic carbocycles. The van der Waals surface area contributed by atoms with E-state index in [-0.39, 0.29) is 17.5 Å². The van der Waals surface area contributed by atoms with Crippen LogP contribution in [0.3, 0.4) is 0 Å². The largest absolute Gasteiger partial charge is 0.464 e. The van der Waals surface area contributed by atoms with E-state index < -0.39 is 5.82 Å². The van der Waals surface area contributed by atoms with Crippen molar-refractivity contribution in [3.63, 3.8) is 0 Å². The fourth-order valence-electron chi connectivity index (χ4n) is 3.12. The molecule has 1 atom stereocenters. The van der Waals surface area contributed by atoms with Gasteiger partial charge in [0.25, 0.3) is 5.91 Å². The van der Waals surface area contributed by atoms with E-state index in [9.17, 15) is 9.18 Å². The van der Waals surface area contributed by atoms with Gasteiger partial charge in [-0.3, -0.25) is 4.79 Å². The van der Waals surface area contributed by atoms with Gasteiger partial charge < -0.3 is 4.42 Å². The molecule has 0 saturated carbocycles. The number of halogens is 2. The van der Waals surface area contributed by atoms with E-state index in [1.54, 1.807) is 6.07 Å². The highest BCUT2D eigenvalue weighted by molar-refractivity contribution is 9.10. The van der Waals surface area contributed by atoms with Gasteiger partial charge in [-0.25, -0.2) is 9.40 Å². The van der Waals surface area contributed by atoms with E-state index in [2.05, 4.69) is 21.0 Å². The molecule has 1 aromatic heterocycles. The SMILES string of the molecule is Cc1ccc([C@@H]2CC(c3ccc(Br)cc3)=NN2C(=O)c2cccc(F)c2)o1. The topological polar surface area (TPSA) is 45.8 Å². The van der Waals surface area contributed by atoms with Crippen molar-refractivity contribution in [3.05, 3.63) is 93.6 Å². The molecule has 0 spiro atoms. The molecule has 0 saturated heterocycles. The molecule has 0 aliphatic carbocycles. The third-order valence-corrected chi connectivity index (χ3v) is 4.99. The van der Waals surface area contributed by atoms with Crippen LogP contribution in [0, 0.1) is 12.7 Å². The third-order valence-electron chi connectivity index (χ3n) is 4.46. The Kier molecular flexibility index (Phi) is 4.66. The summed E-state index contributed by atoms with van der Waals surface area (Å²) in [5, 5.41) is 5.96. The number of aryl methyl sites for hydroxylation is 1. The zero-order chi connectivity index (χ0) is 19.0. The molecule has 136 valence electrons. The summed E-state index contributed by atoms with van der Waals surface area (Å²) in [6, 6.07) is 16.7. The van der Waals surface area contributed by atoms with Gasteiger partial charge in [-0.15, -0.1) is 0 Å². The van der Waals surface area contributed by atoms with Crippen molar-refractivity contribution >= 4 is 27.5 Å². The number of carbonyl (C=O) groups is 1. The summed E-state index contributed by atoms with van der Waals surface area (Å²) < 4.78 is 20.3. The van der Waals surface area contributed by atoms with Gasteiger partial charge in [0.2, 0.25) is 0 Å². The summed E-state index contributed by atoms with van der Waals surface area (Å²) in [6.45, 7) is 1.85. The van der Waals surface area contributed by atoms with Gasteiger partial charge in [0.15, 0.2) is 0 Å². The maximum atomic E-state index is 13.6. The number of furan rings is 1. The van der Waals surface area contributed by atoms with Crippen LogP contribution in [0.25, 0.3) is 0 Å². The molecular formula is C21H16BrFN2O2. The minimum atomic E-state index is -0.456. The summed E-state index contributed by atoms with van der Waals surface area (Å²) in [4.78, 5) is 13.0. The highest BCUT2D eigenvalue weighted by Gasteiger charge is 2.35. The number of hydrazone groups is 1. The predicted molar refractivity (Wildman–Crippen MR) is 104 cm³/mol. The molecule has 0 unspecified atom stereocenters.